The summed E-state index contributed by atoms with van der Waals surface area (Å²) in [4.78, 5) is 10.8. The Kier molecular flexibility index (Phi) is 5.44. The number of hydrogen-bond donors (Lipinski definition) is 1. The maximum atomic E-state index is 13.7. The van der Waals surface area contributed by atoms with E-state index in [4.69, 9.17) is 14.6 Å². The number of halogens is 1. The van der Waals surface area contributed by atoms with Crippen molar-refractivity contribution < 1.29 is 23.8 Å². The zero-order valence-corrected chi connectivity index (χ0v) is 11.4. The summed E-state index contributed by atoms with van der Waals surface area (Å²) in [6.45, 7) is 6.56. The Morgan fingerprint density at radius 3 is 2.58 bits per heavy atom. The van der Waals surface area contributed by atoms with Gasteiger partial charge in [-0.1, -0.05) is 12.1 Å². The van der Waals surface area contributed by atoms with Crippen LogP contribution in [0.15, 0.2) is 18.2 Å². The molecule has 1 N–H and O–H groups in total. The molecule has 0 atom stereocenters. The van der Waals surface area contributed by atoms with Crippen molar-refractivity contribution in [3.63, 3.8) is 0 Å². The number of benzene rings is 1. The third-order valence-electron chi connectivity index (χ3n) is 2.33. The molecule has 0 aliphatic heterocycles. The van der Waals surface area contributed by atoms with Gasteiger partial charge >= 0.3 is 5.97 Å². The fourth-order valence-corrected chi connectivity index (χ4v) is 1.45. The van der Waals surface area contributed by atoms with Gasteiger partial charge in [0.1, 0.15) is 5.82 Å². The van der Waals surface area contributed by atoms with Crippen molar-refractivity contribution in [2.45, 2.75) is 33.0 Å². The molecule has 4 nitrogen and oxygen atoms in total. The average Bonchev–Trinajstić information content (AvgIpc) is 2.28. The van der Waals surface area contributed by atoms with Crippen LogP contribution in [0, 0.1) is 5.82 Å². The second kappa shape index (κ2) is 6.63. The van der Waals surface area contributed by atoms with Gasteiger partial charge < -0.3 is 14.6 Å². The largest absolute Gasteiger partial charge is 0.478 e. The van der Waals surface area contributed by atoms with Crippen molar-refractivity contribution in [1.82, 2.24) is 0 Å². The Labute approximate surface area is 112 Å². The van der Waals surface area contributed by atoms with E-state index in [0.717, 1.165) is 0 Å². The molecule has 5 heteroatoms. The van der Waals surface area contributed by atoms with E-state index < -0.39 is 11.8 Å². The topological polar surface area (TPSA) is 55.8 Å². The lowest BCUT2D eigenvalue weighted by Crippen LogP contribution is -2.21. The highest BCUT2D eigenvalue weighted by Gasteiger charge is 2.14. The standard InChI is InChI=1S/C14H19FO4/c1-14(2,3)19-8-7-18-9-10-5-4-6-11(12(10)15)13(16)17/h4-6H,7-9H2,1-3H3,(H,16,17). The molecule has 0 amide bonds. The van der Waals surface area contributed by atoms with Crippen LogP contribution >= 0.6 is 0 Å². The second-order valence-corrected chi connectivity index (χ2v) is 5.10. The van der Waals surface area contributed by atoms with Gasteiger partial charge in [0.2, 0.25) is 0 Å². The number of carboxylic acids is 1. The summed E-state index contributed by atoms with van der Waals surface area (Å²) in [5.74, 6) is -2.03. The molecule has 0 spiro atoms. The van der Waals surface area contributed by atoms with Gasteiger partial charge in [-0.15, -0.1) is 0 Å². The predicted octanol–water partition coefficient (Wildman–Crippen LogP) is 2.86. The lowest BCUT2D eigenvalue weighted by atomic mass is 10.1. The fraction of sp³-hybridized carbons (Fsp3) is 0.500. The third kappa shape index (κ3) is 5.36. The first kappa shape index (κ1) is 15.6. The number of rotatable bonds is 6. The van der Waals surface area contributed by atoms with Gasteiger partial charge in [-0.25, -0.2) is 9.18 Å². The Balaban J connectivity index is 2.46. The summed E-state index contributed by atoms with van der Waals surface area (Å²) in [6.07, 6.45) is 0. The van der Waals surface area contributed by atoms with Crippen molar-refractivity contribution in [1.29, 1.82) is 0 Å². The second-order valence-electron chi connectivity index (χ2n) is 5.10. The molecule has 106 valence electrons. The van der Waals surface area contributed by atoms with Crippen LogP contribution in [-0.2, 0) is 16.1 Å². The van der Waals surface area contributed by atoms with Crippen LogP contribution in [0.2, 0.25) is 0 Å². The highest BCUT2D eigenvalue weighted by atomic mass is 19.1. The number of carboxylic acid groups (broad SMARTS) is 1. The van der Waals surface area contributed by atoms with Crippen LogP contribution in [0.5, 0.6) is 0 Å². The highest BCUT2D eigenvalue weighted by Crippen LogP contribution is 2.14. The Hall–Kier alpha value is -1.46. The Morgan fingerprint density at radius 2 is 2.00 bits per heavy atom. The van der Waals surface area contributed by atoms with E-state index in [-0.39, 0.29) is 23.3 Å². The first-order valence-corrected chi connectivity index (χ1v) is 6.03. The molecule has 0 fully saturated rings. The van der Waals surface area contributed by atoms with Gasteiger partial charge in [0.25, 0.3) is 0 Å². The van der Waals surface area contributed by atoms with Gasteiger partial charge in [-0.3, -0.25) is 0 Å². The van der Waals surface area contributed by atoms with E-state index >= 15 is 0 Å². The van der Waals surface area contributed by atoms with Crippen LogP contribution in [0.4, 0.5) is 4.39 Å². The fourth-order valence-electron chi connectivity index (χ4n) is 1.45. The molecule has 1 aromatic rings. The van der Waals surface area contributed by atoms with Crippen LogP contribution < -0.4 is 0 Å². The molecule has 0 saturated heterocycles. The van der Waals surface area contributed by atoms with Gasteiger partial charge in [0.05, 0.1) is 31.0 Å². The molecule has 19 heavy (non-hydrogen) atoms. The van der Waals surface area contributed by atoms with Crippen molar-refractivity contribution >= 4 is 5.97 Å². The Bertz CT molecular complexity index is 438. The highest BCUT2D eigenvalue weighted by molar-refractivity contribution is 5.88. The first-order valence-electron chi connectivity index (χ1n) is 6.03. The van der Waals surface area contributed by atoms with Crippen molar-refractivity contribution in [3.05, 3.63) is 35.1 Å². The summed E-state index contributed by atoms with van der Waals surface area (Å²) < 4.78 is 24.4. The third-order valence-corrected chi connectivity index (χ3v) is 2.33. The number of ether oxygens (including phenoxy) is 2. The number of aromatic carboxylic acids is 1. The van der Waals surface area contributed by atoms with Crippen LogP contribution in [-0.4, -0.2) is 29.9 Å². The minimum atomic E-state index is -1.28. The van der Waals surface area contributed by atoms with Crippen molar-refractivity contribution in [2.24, 2.45) is 0 Å². The van der Waals surface area contributed by atoms with E-state index in [1.165, 1.54) is 18.2 Å². The first-order chi connectivity index (χ1) is 8.81. The summed E-state index contributed by atoms with van der Waals surface area (Å²) in [5.41, 5.74) is -0.347. The number of hydrogen-bond acceptors (Lipinski definition) is 3. The molecule has 0 bridgehead atoms. The van der Waals surface area contributed by atoms with Gasteiger partial charge in [0.15, 0.2) is 0 Å². The van der Waals surface area contributed by atoms with Crippen LogP contribution in [0.1, 0.15) is 36.7 Å². The molecule has 0 radical (unpaired) electrons. The van der Waals surface area contributed by atoms with E-state index in [0.29, 0.717) is 13.2 Å². The molecule has 0 aliphatic rings. The molecule has 0 saturated carbocycles. The lowest BCUT2D eigenvalue weighted by Gasteiger charge is -2.19. The molecule has 0 heterocycles. The molecular formula is C14H19FO4. The predicted molar refractivity (Wildman–Crippen MR) is 68.7 cm³/mol. The molecular weight excluding hydrogens is 251 g/mol. The summed E-state index contributed by atoms with van der Waals surface area (Å²) in [5, 5.41) is 8.79. The minimum Gasteiger partial charge on any atom is -0.478 e. The maximum Gasteiger partial charge on any atom is 0.338 e. The maximum absolute atomic E-state index is 13.7. The lowest BCUT2D eigenvalue weighted by molar-refractivity contribution is -0.0379. The smallest absolute Gasteiger partial charge is 0.338 e. The van der Waals surface area contributed by atoms with Crippen LogP contribution in [0.25, 0.3) is 0 Å². The van der Waals surface area contributed by atoms with E-state index in [1.807, 2.05) is 20.8 Å². The average molecular weight is 270 g/mol. The zero-order valence-electron chi connectivity index (χ0n) is 11.4. The van der Waals surface area contributed by atoms with Crippen molar-refractivity contribution in [2.75, 3.05) is 13.2 Å². The summed E-state index contributed by atoms with van der Waals surface area (Å²) in [6, 6.07) is 4.23. The van der Waals surface area contributed by atoms with Crippen LogP contribution in [0.3, 0.4) is 0 Å². The molecule has 0 unspecified atom stereocenters. The zero-order chi connectivity index (χ0) is 14.5. The van der Waals surface area contributed by atoms with E-state index in [9.17, 15) is 9.18 Å². The molecule has 0 aromatic heterocycles. The van der Waals surface area contributed by atoms with E-state index in [1.54, 1.807) is 0 Å². The molecule has 1 rings (SSSR count). The molecule has 0 aliphatic carbocycles. The normalized spacial score (nSPS) is 11.6. The quantitative estimate of drug-likeness (QED) is 0.807. The van der Waals surface area contributed by atoms with E-state index in [2.05, 4.69) is 0 Å². The molecule has 1 aromatic carbocycles. The van der Waals surface area contributed by atoms with Gasteiger partial charge in [-0.2, -0.15) is 0 Å². The SMILES string of the molecule is CC(C)(C)OCCOCc1cccc(C(=O)O)c1F. The summed E-state index contributed by atoms with van der Waals surface area (Å²) in [7, 11) is 0. The Morgan fingerprint density at radius 1 is 1.32 bits per heavy atom. The van der Waals surface area contributed by atoms with Gasteiger partial charge in [-0.05, 0) is 26.8 Å². The van der Waals surface area contributed by atoms with Gasteiger partial charge in [0, 0.05) is 5.56 Å². The summed E-state index contributed by atoms with van der Waals surface area (Å²) >= 11 is 0. The monoisotopic (exact) mass is 270 g/mol. The number of carbonyl (C=O) groups is 1. The minimum absolute atomic E-state index is 0.0282. The van der Waals surface area contributed by atoms with Crippen molar-refractivity contribution in [3.8, 4) is 0 Å².